The highest BCUT2D eigenvalue weighted by molar-refractivity contribution is 5.94. The van der Waals surface area contributed by atoms with Crippen LogP contribution in [0, 0.1) is 6.92 Å². The summed E-state index contributed by atoms with van der Waals surface area (Å²) in [4.78, 5) is 28.3. The first-order valence-corrected chi connectivity index (χ1v) is 7.86. The van der Waals surface area contributed by atoms with E-state index in [1.807, 2.05) is 47.9 Å². The molecule has 23 heavy (non-hydrogen) atoms. The zero-order chi connectivity index (χ0) is 16.1. The van der Waals surface area contributed by atoms with Crippen LogP contribution in [-0.4, -0.2) is 53.8 Å². The summed E-state index contributed by atoms with van der Waals surface area (Å²) in [5.74, 6) is 0.130. The molecule has 2 amide bonds. The van der Waals surface area contributed by atoms with Gasteiger partial charge in [0, 0.05) is 44.2 Å². The maximum Gasteiger partial charge on any atom is 0.253 e. The summed E-state index contributed by atoms with van der Waals surface area (Å²) >= 11 is 0. The van der Waals surface area contributed by atoms with Crippen LogP contribution >= 0.6 is 12.4 Å². The molecule has 0 radical (unpaired) electrons. The van der Waals surface area contributed by atoms with Gasteiger partial charge in [0.25, 0.3) is 5.91 Å². The van der Waals surface area contributed by atoms with E-state index in [0.717, 1.165) is 17.5 Å². The van der Waals surface area contributed by atoms with Gasteiger partial charge in [0.2, 0.25) is 5.91 Å². The number of aryl methyl sites for hydroxylation is 1. The predicted molar refractivity (Wildman–Crippen MR) is 93.8 cm³/mol. The Morgan fingerprint density at radius 2 is 1.83 bits per heavy atom. The molecule has 0 aromatic heterocycles. The molecule has 1 unspecified atom stereocenters. The topological polar surface area (TPSA) is 66.6 Å². The molecule has 1 fully saturated rings. The number of hydrogen-bond acceptors (Lipinski definition) is 3. The van der Waals surface area contributed by atoms with Crippen LogP contribution in [-0.2, 0) is 4.79 Å². The van der Waals surface area contributed by atoms with Gasteiger partial charge in [-0.1, -0.05) is 17.7 Å². The molecule has 1 aromatic carbocycles. The van der Waals surface area contributed by atoms with Gasteiger partial charge in [-0.05, 0) is 32.4 Å². The SMILES string of the molecule is Cc1cccc(C(=O)N2CCCN(C(=O)CC(C)N)CC2)c1.Cl. The number of hydrogen-bond donors (Lipinski definition) is 1. The number of benzene rings is 1. The van der Waals surface area contributed by atoms with Crippen molar-refractivity contribution in [2.45, 2.75) is 32.7 Å². The Kier molecular flexibility index (Phi) is 7.52. The molecule has 0 saturated carbocycles. The molecule has 0 spiro atoms. The molecule has 1 aromatic rings. The smallest absolute Gasteiger partial charge is 0.253 e. The lowest BCUT2D eigenvalue weighted by atomic mass is 10.1. The number of halogens is 1. The average Bonchev–Trinajstić information content (AvgIpc) is 2.71. The molecule has 128 valence electrons. The fourth-order valence-corrected chi connectivity index (χ4v) is 2.74. The van der Waals surface area contributed by atoms with Gasteiger partial charge in [0.05, 0.1) is 0 Å². The minimum atomic E-state index is -0.124. The van der Waals surface area contributed by atoms with Crippen molar-refractivity contribution in [3.63, 3.8) is 0 Å². The summed E-state index contributed by atoms with van der Waals surface area (Å²) in [5.41, 5.74) is 7.49. The summed E-state index contributed by atoms with van der Waals surface area (Å²) in [6.07, 6.45) is 1.17. The van der Waals surface area contributed by atoms with Crippen LogP contribution in [0.2, 0.25) is 0 Å². The Balaban J connectivity index is 0.00000264. The number of amides is 2. The van der Waals surface area contributed by atoms with Gasteiger partial charge in [-0.2, -0.15) is 0 Å². The van der Waals surface area contributed by atoms with Crippen LogP contribution in [0.25, 0.3) is 0 Å². The van der Waals surface area contributed by atoms with Crippen LogP contribution in [0.15, 0.2) is 24.3 Å². The van der Waals surface area contributed by atoms with Gasteiger partial charge in [0.1, 0.15) is 0 Å². The van der Waals surface area contributed by atoms with Gasteiger partial charge >= 0.3 is 0 Å². The second-order valence-corrected chi connectivity index (χ2v) is 6.08. The Hall–Kier alpha value is -1.59. The summed E-state index contributed by atoms with van der Waals surface area (Å²) < 4.78 is 0. The van der Waals surface area contributed by atoms with Crippen LogP contribution in [0.3, 0.4) is 0 Å². The van der Waals surface area contributed by atoms with E-state index in [1.165, 1.54) is 0 Å². The number of nitrogens with zero attached hydrogens (tertiary/aromatic N) is 2. The molecule has 0 bridgehead atoms. The minimum Gasteiger partial charge on any atom is -0.341 e. The van der Waals surface area contributed by atoms with Gasteiger partial charge in [-0.25, -0.2) is 0 Å². The fraction of sp³-hybridized carbons (Fsp3) is 0.529. The summed E-state index contributed by atoms with van der Waals surface area (Å²) in [6, 6.07) is 7.51. The van der Waals surface area contributed by atoms with E-state index in [0.29, 0.717) is 32.6 Å². The van der Waals surface area contributed by atoms with Crippen LogP contribution < -0.4 is 5.73 Å². The highest BCUT2D eigenvalue weighted by Gasteiger charge is 2.23. The van der Waals surface area contributed by atoms with Crippen molar-refractivity contribution >= 4 is 24.2 Å². The average molecular weight is 340 g/mol. The van der Waals surface area contributed by atoms with Crippen LogP contribution in [0.5, 0.6) is 0 Å². The standard InChI is InChI=1S/C17H25N3O2.ClH/c1-13-5-3-6-15(11-13)17(22)20-8-4-7-19(9-10-20)16(21)12-14(2)18;/h3,5-6,11,14H,4,7-10,12,18H2,1-2H3;1H. The van der Waals surface area contributed by atoms with Gasteiger partial charge < -0.3 is 15.5 Å². The molecule has 2 rings (SSSR count). The lowest BCUT2D eigenvalue weighted by Gasteiger charge is -2.23. The van der Waals surface area contributed by atoms with Gasteiger partial charge in [-0.15, -0.1) is 12.4 Å². The van der Waals surface area contributed by atoms with Gasteiger partial charge in [-0.3, -0.25) is 9.59 Å². The molecule has 1 heterocycles. The normalized spacial score (nSPS) is 16.3. The van der Waals surface area contributed by atoms with E-state index in [9.17, 15) is 9.59 Å². The van der Waals surface area contributed by atoms with E-state index in [1.54, 1.807) is 0 Å². The Morgan fingerprint density at radius 1 is 1.17 bits per heavy atom. The van der Waals surface area contributed by atoms with Crippen LogP contribution in [0.4, 0.5) is 0 Å². The van der Waals surface area contributed by atoms with Crippen molar-refractivity contribution < 1.29 is 9.59 Å². The number of carbonyl (C=O) groups excluding carboxylic acids is 2. The Bertz CT molecular complexity index is 548. The van der Waals surface area contributed by atoms with E-state index in [2.05, 4.69) is 0 Å². The summed E-state index contributed by atoms with van der Waals surface area (Å²) in [6.45, 7) is 6.37. The quantitative estimate of drug-likeness (QED) is 0.913. The van der Waals surface area contributed by atoms with Crippen LogP contribution in [0.1, 0.15) is 35.7 Å². The number of nitrogens with two attached hydrogens (primary N) is 1. The highest BCUT2D eigenvalue weighted by Crippen LogP contribution is 2.12. The van der Waals surface area contributed by atoms with E-state index in [-0.39, 0.29) is 30.3 Å². The second kappa shape index (κ2) is 8.89. The second-order valence-electron chi connectivity index (χ2n) is 6.08. The molecule has 1 aliphatic rings. The first-order valence-electron chi connectivity index (χ1n) is 7.86. The summed E-state index contributed by atoms with van der Waals surface area (Å²) in [5, 5.41) is 0. The van der Waals surface area contributed by atoms with Crippen molar-refractivity contribution in [2.75, 3.05) is 26.2 Å². The molecule has 0 aliphatic carbocycles. The van der Waals surface area contributed by atoms with Gasteiger partial charge in [0.15, 0.2) is 0 Å². The third-order valence-electron chi connectivity index (χ3n) is 3.90. The maximum atomic E-state index is 12.6. The summed E-state index contributed by atoms with van der Waals surface area (Å²) in [7, 11) is 0. The first-order chi connectivity index (χ1) is 10.5. The molecule has 2 N–H and O–H groups in total. The Morgan fingerprint density at radius 3 is 2.48 bits per heavy atom. The molecular formula is C17H26ClN3O2. The molecular weight excluding hydrogens is 314 g/mol. The molecule has 1 saturated heterocycles. The molecule has 5 nitrogen and oxygen atoms in total. The zero-order valence-corrected chi connectivity index (χ0v) is 14.6. The van der Waals surface area contributed by atoms with E-state index < -0.39 is 0 Å². The minimum absolute atomic E-state index is 0. The lowest BCUT2D eigenvalue weighted by molar-refractivity contribution is -0.131. The van der Waals surface area contributed by atoms with E-state index >= 15 is 0 Å². The molecule has 6 heteroatoms. The van der Waals surface area contributed by atoms with Crippen molar-refractivity contribution in [3.8, 4) is 0 Å². The Labute approximate surface area is 144 Å². The lowest BCUT2D eigenvalue weighted by Crippen LogP contribution is -2.39. The third kappa shape index (κ3) is 5.52. The first kappa shape index (κ1) is 19.5. The van der Waals surface area contributed by atoms with Crippen molar-refractivity contribution in [1.29, 1.82) is 0 Å². The largest absolute Gasteiger partial charge is 0.341 e. The van der Waals surface area contributed by atoms with Crippen molar-refractivity contribution in [1.82, 2.24) is 9.80 Å². The molecule has 1 atom stereocenters. The van der Waals surface area contributed by atoms with E-state index in [4.69, 9.17) is 5.73 Å². The zero-order valence-electron chi connectivity index (χ0n) is 13.8. The number of carbonyl (C=O) groups is 2. The highest BCUT2D eigenvalue weighted by atomic mass is 35.5. The number of rotatable bonds is 3. The van der Waals surface area contributed by atoms with Crippen molar-refractivity contribution in [2.24, 2.45) is 5.73 Å². The predicted octanol–water partition coefficient (Wildman–Crippen LogP) is 1.83. The maximum absolute atomic E-state index is 12.6. The fourth-order valence-electron chi connectivity index (χ4n) is 2.74. The van der Waals surface area contributed by atoms with Crippen molar-refractivity contribution in [3.05, 3.63) is 35.4 Å². The molecule has 1 aliphatic heterocycles. The third-order valence-corrected chi connectivity index (χ3v) is 3.90. The monoisotopic (exact) mass is 339 g/mol.